The topological polar surface area (TPSA) is 62.7 Å². The third-order valence-electron chi connectivity index (χ3n) is 2.55. The van der Waals surface area contributed by atoms with Gasteiger partial charge in [-0.25, -0.2) is 9.18 Å². The van der Waals surface area contributed by atoms with Gasteiger partial charge in [0.25, 0.3) is 0 Å². The first-order chi connectivity index (χ1) is 9.04. The summed E-state index contributed by atoms with van der Waals surface area (Å²) in [6, 6.07) is 3.53. The SMILES string of the molecule is CC1=NO[C@@H](CNC(=O)Nc2ccc(Cl)cc2F)C1. The van der Waals surface area contributed by atoms with Crippen molar-refractivity contribution in [2.45, 2.75) is 19.4 Å². The Morgan fingerprint density at radius 2 is 2.42 bits per heavy atom. The number of benzene rings is 1. The van der Waals surface area contributed by atoms with Crippen LogP contribution in [-0.2, 0) is 4.84 Å². The molecular formula is C12H13ClFN3O2. The highest BCUT2D eigenvalue weighted by Crippen LogP contribution is 2.18. The summed E-state index contributed by atoms with van der Waals surface area (Å²) >= 11 is 5.62. The second kappa shape index (κ2) is 5.88. The molecule has 1 aromatic carbocycles. The Morgan fingerprint density at radius 3 is 3.05 bits per heavy atom. The minimum Gasteiger partial charge on any atom is -0.390 e. The van der Waals surface area contributed by atoms with Gasteiger partial charge in [0.05, 0.1) is 17.9 Å². The van der Waals surface area contributed by atoms with Gasteiger partial charge in [-0.15, -0.1) is 0 Å². The van der Waals surface area contributed by atoms with Gasteiger partial charge >= 0.3 is 6.03 Å². The van der Waals surface area contributed by atoms with Gasteiger partial charge in [0.15, 0.2) is 0 Å². The summed E-state index contributed by atoms with van der Waals surface area (Å²) in [6.45, 7) is 2.16. The van der Waals surface area contributed by atoms with E-state index >= 15 is 0 Å². The molecule has 0 unspecified atom stereocenters. The second-order valence-electron chi connectivity index (χ2n) is 4.22. The van der Waals surface area contributed by atoms with Gasteiger partial charge in [-0.3, -0.25) is 0 Å². The van der Waals surface area contributed by atoms with E-state index < -0.39 is 11.8 Å². The molecule has 0 spiro atoms. The van der Waals surface area contributed by atoms with Crippen LogP contribution in [0, 0.1) is 5.82 Å². The molecule has 2 amide bonds. The number of halogens is 2. The summed E-state index contributed by atoms with van der Waals surface area (Å²) in [4.78, 5) is 16.6. The van der Waals surface area contributed by atoms with Crippen molar-refractivity contribution in [2.24, 2.45) is 5.16 Å². The molecule has 102 valence electrons. The number of hydrogen-bond acceptors (Lipinski definition) is 3. The number of amides is 2. The highest BCUT2D eigenvalue weighted by Gasteiger charge is 2.18. The van der Waals surface area contributed by atoms with Crippen LogP contribution in [0.15, 0.2) is 23.4 Å². The van der Waals surface area contributed by atoms with Gasteiger partial charge in [-0.2, -0.15) is 0 Å². The van der Waals surface area contributed by atoms with Crippen LogP contribution in [-0.4, -0.2) is 24.4 Å². The smallest absolute Gasteiger partial charge is 0.319 e. The number of urea groups is 1. The average molecular weight is 286 g/mol. The molecule has 0 aromatic heterocycles. The fourth-order valence-electron chi connectivity index (χ4n) is 1.64. The van der Waals surface area contributed by atoms with Gasteiger partial charge in [0, 0.05) is 11.4 Å². The van der Waals surface area contributed by atoms with Gasteiger partial charge in [0.2, 0.25) is 0 Å². The van der Waals surface area contributed by atoms with Crippen LogP contribution in [0.3, 0.4) is 0 Å². The van der Waals surface area contributed by atoms with E-state index in [4.69, 9.17) is 16.4 Å². The molecule has 1 aromatic rings. The summed E-state index contributed by atoms with van der Waals surface area (Å²) in [5.74, 6) is -0.584. The zero-order chi connectivity index (χ0) is 13.8. The minimum atomic E-state index is -0.584. The molecule has 0 saturated carbocycles. The van der Waals surface area contributed by atoms with E-state index in [2.05, 4.69) is 15.8 Å². The van der Waals surface area contributed by atoms with Gasteiger partial charge in [-0.05, 0) is 25.1 Å². The van der Waals surface area contributed by atoms with E-state index in [-0.39, 0.29) is 16.8 Å². The Bertz CT molecular complexity index is 522. The molecule has 1 aliphatic rings. The lowest BCUT2D eigenvalue weighted by molar-refractivity contribution is 0.0870. The molecule has 0 aliphatic carbocycles. The highest BCUT2D eigenvalue weighted by molar-refractivity contribution is 6.30. The maximum Gasteiger partial charge on any atom is 0.319 e. The van der Waals surface area contributed by atoms with Crippen LogP contribution in [0.4, 0.5) is 14.9 Å². The molecule has 0 saturated heterocycles. The van der Waals surface area contributed by atoms with Crippen molar-refractivity contribution in [3.63, 3.8) is 0 Å². The highest BCUT2D eigenvalue weighted by atomic mass is 35.5. The molecule has 0 bridgehead atoms. The van der Waals surface area contributed by atoms with E-state index in [1.165, 1.54) is 12.1 Å². The monoisotopic (exact) mass is 285 g/mol. The van der Waals surface area contributed by atoms with Crippen molar-refractivity contribution in [1.29, 1.82) is 0 Å². The Kier molecular flexibility index (Phi) is 4.21. The molecule has 5 nitrogen and oxygen atoms in total. The Labute approximate surface area is 114 Å². The van der Waals surface area contributed by atoms with Crippen molar-refractivity contribution < 1.29 is 14.0 Å². The first-order valence-corrected chi connectivity index (χ1v) is 6.11. The van der Waals surface area contributed by atoms with Gasteiger partial charge in [-0.1, -0.05) is 16.8 Å². The normalized spacial score (nSPS) is 17.6. The average Bonchev–Trinajstić information content (AvgIpc) is 2.76. The fourth-order valence-corrected chi connectivity index (χ4v) is 1.80. The largest absolute Gasteiger partial charge is 0.390 e. The summed E-state index contributed by atoms with van der Waals surface area (Å²) in [6.07, 6.45) is 0.510. The molecule has 0 radical (unpaired) electrons. The van der Waals surface area contributed by atoms with E-state index in [9.17, 15) is 9.18 Å². The number of oxime groups is 1. The lowest BCUT2D eigenvalue weighted by Gasteiger charge is -2.11. The zero-order valence-electron chi connectivity index (χ0n) is 10.2. The van der Waals surface area contributed by atoms with Gasteiger partial charge < -0.3 is 15.5 Å². The number of nitrogens with zero attached hydrogens (tertiary/aromatic N) is 1. The third kappa shape index (κ3) is 3.82. The Morgan fingerprint density at radius 1 is 1.63 bits per heavy atom. The molecule has 2 rings (SSSR count). The maximum atomic E-state index is 13.4. The van der Waals surface area contributed by atoms with Crippen LogP contribution < -0.4 is 10.6 Å². The van der Waals surface area contributed by atoms with Crippen LogP contribution in [0.25, 0.3) is 0 Å². The van der Waals surface area contributed by atoms with Crippen LogP contribution in [0.5, 0.6) is 0 Å². The fraction of sp³-hybridized carbons (Fsp3) is 0.333. The van der Waals surface area contributed by atoms with Crippen molar-refractivity contribution in [3.05, 3.63) is 29.0 Å². The molecule has 19 heavy (non-hydrogen) atoms. The zero-order valence-corrected chi connectivity index (χ0v) is 11.0. The molecule has 1 aliphatic heterocycles. The predicted molar refractivity (Wildman–Crippen MR) is 71.0 cm³/mol. The first kappa shape index (κ1) is 13.6. The Hall–Kier alpha value is -1.82. The summed E-state index contributed by atoms with van der Waals surface area (Å²) in [7, 11) is 0. The van der Waals surface area contributed by atoms with Crippen molar-refractivity contribution in [2.75, 3.05) is 11.9 Å². The lowest BCUT2D eigenvalue weighted by atomic mass is 10.2. The number of anilines is 1. The Balaban J connectivity index is 1.81. The minimum absolute atomic E-state index is 0.0710. The molecule has 2 N–H and O–H groups in total. The molecule has 7 heteroatoms. The number of nitrogens with one attached hydrogen (secondary N) is 2. The van der Waals surface area contributed by atoms with Crippen LogP contribution in [0.2, 0.25) is 5.02 Å². The van der Waals surface area contributed by atoms with E-state index in [0.29, 0.717) is 13.0 Å². The second-order valence-corrected chi connectivity index (χ2v) is 4.65. The molecule has 0 fully saturated rings. The van der Waals surface area contributed by atoms with Gasteiger partial charge in [0.1, 0.15) is 11.9 Å². The number of rotatable bonds is 3. The number of hydrogen-bond donors (Lipinski definition) is 2. The first-order valence-electron chi connectivity index (χ1n) is 5.74. The maximum absolute atomic E-state index is 13.4. The quantitative estimate of drug-likeness (QED) is 0.897. The van der Waals surface area contributed by atoms with Crippen LogP contribution >= 0.6 is 11.6 Å². The van der Waals surface area contributed by atoms with Crippen molar-refractivity contribution >= 4 is 29.0 Å². The molecule has 1 heterocycles. The predicted octanol–water partition coefficient (Wildman–Crippen LogP) is 2.77. The summed E-state index contributed by atoms with van der Waals surface area (Å²) in [5.41, 5.74) is 0.956. The summed E-state index contributed by atoms with van der Waals surface area (Å²) in [5, 5.41) is 9.03. The van der Waals surface area contributed by atoms with E-state index in [1.807, 2.05) is 6.92 Å². The third-order valence-corrected chi connectivity index (χ3v) is 2.79. The van der Waals surface area contributed by atoms with Crippen LogP contribution in [0.1, 0.15) is 13.3 Å². The standard InChI is InChI=1S/C12H13ClFN3O2/c1-7-4-9(19-17-7)6-15-12(18)16-11-3-2-8(13)5-10(11)14/h2-3,5,9H,4,6H2,1H3,(H2,15,16,18)/t9-/m1/s1. The van der Waals surface area contributed by atoms with E-state index in [1.54, 1.807) is 0 Å². The molecule has 1 atom stereocenters. The lowest BCUT2D eigenvalue weighted by Crippen LogP contribution is -2.35. The summed E-state index contributed by atoms with van der Waals surface area (Å²) < 4.78 is 13.4. The number of carbonyl (C=O) groups excluding carboxylic acids is 1. The van der Waals surface area contributed by atoms with Crippen molar-refractivity contribution in [1.82, 2.24) is 5.32 Å². The van der Waals surface area contributed by atoms with Crippen molar-refractivity contribution in [3.8, 4) is 0 Å². The van der Waals surface area contributed by atoms with E-state index in [0.717, 1.165) is 11.8 Å². The number of carbonyl (C=O) groups is 1. The molecular weight excluding hydrogens is 273 g/mol.